The molecule has 1 heterocycles. The first-order valence-corrected chi connectivity index (χ1v) is 13.2. The number of nitrogens with zero attached hydrogens (tertiary/aromatic N) is 1. The molecule has 0 bridgehead atoms. The van der Waals surface area contributed by atoms with Crippen LogP contribution in [0.15, 0.2) is 60.0 Å². The Bertz CT molecular complexity index is 1320. The van der Waals surface area contributed by atoms with Crippen LogP contribution in [0.1, 0.15) is 36.0 Å². The fraction of sp³-hybridized carbons (Fsp3) is 0.259. The van der Waals surface area contributed by atoms with E-state index in [-0.39, 0.29) is 47.5 Å². The van der Waals surface area contributed by atoms with Gasteiger partial charge in [-0.3, -0.25) is 14.4 Å². The molecule has 3 aromatic rings. The van der Waals surface area contributed by atoms with Crippen molar-refractivity contribution in [3.05, 3.63) is 86.6 Å². The van der Waals surface area contributed by atoms with Crippen molar-refractivity contribution in [3.63, 3.8) is 0 Å². The number of likely N-dealkylation sites (N-methyl/N-ethyl adjacent to an activating group) is 1. The maximum absolute atomic E-state index is 13.0. The summed E-state index contributed by atoms with van der Waals surface area (Å²) < 4.78 is 5.28. The van der Waals surface area contributed by atoms with Crippen LogP contribution in [0.3, 0.4) is 0 Å². The van der Waals surface area contributed by atoms with Crippen molar-refractivity contribution in [1.29, 1.82) is 0 Å². The Morgan fingerprint density at radius 2 is 1.79 bits per heavy atom. The standard InChI is InChI=1S/C27H29ClN4O6S/c1-32(2)10-11-38-27(37)22(16-30-26(36)23-7-4-12-39-23)31-25(35)20-9-8-18(14-21(20)28)24(34)29-15-17-5-3-6-19(33)13-17/h3-9,12-14,22,33H,10-11,15-16H2,1-2H3,(H,29,34)(H,30,36)(H,31,35). The first-order chi connectivity index (χ1) is 18.6. The highest BCUT2D eigenvalue weighted by molar-refractivity contribution is 7.12. The summed E-state index contributed by atoms with van der Waals surface area (Å²) in [5.74, 6) is -2.11. The molecule has 0 aliphatic heterocycles. The van der Waals surface area contributed by atoms with Gasteiger partial charge in [-0.25, -0.2) is 4.79 Å². The van der Waals surface area contributed by atoms with Gasteiger partial charge in [0.25, 0.3) is 17.7 Å². The van der Waals surface area contributed by atoms with Gasteiger partial charge < -0.3 is 30.7 Å². The summed E-state index contributed by atoms with van der Waals surface area (Å²) in [6.45, 7) is 0.567. The largest absolute Gasteiger partial charge is 0.508 e. The lowest BCUT2D eigenvalue weighted by molar-refractivity contribution is -0.146. The minimum Gasteiger partial charge on any atom is -0.508 e. The number of thiophene rings is 1. The molecule has 39 heavy (non-hydrogen) atoms. The number of hydrogen-bond donors (Lipinski definition) is 4. The molecule has 206 valence electrons. The van der Waals surface area contributed by atoms with Gasteiger partial charge in [-0.2, -0.15) is 0 Å². The van der Waals surface area contributed by atoms with E-state index in [4.69, 9.17) is 16.3 Å². The number of hydrogen-bond acceptors (Lipinski definition) is 8. The summed E-state index contributed by atoms with van der Waals surface area (Å²) in [5.41, 5.74) is 0.969. The molecular weight excluding hydrogens is 544 g/mol. The zero-order valence-corrected chi connectivity index (χ0v) is 23.0. The van der Waals surface area contributed by atoms with Crippen molar-refractivity contribution >= 4 is 46.6 Å². The molecular formula is C27H29ClN4O6S. The summed E-state index contributed by atoms with van der Waals surface area (Å²) in [6.07, 6.45) is 0. The fourth-order valence-electron chi connectivity index (χ4n) is 3.34. The number of benzene rings is 2. The van der Waals surface area contributed by atoms with E-state index in [9.17, 15) is 24.3 Å². The van der Waals surface area contributed by atoms with Gasteiger partial charge in [-0.1, -0.05) is 29.8 Å². The highest BCUT2D eigenvalue weighted by atomic mass is 35.5. The van der Waals surface area contributed by atoms with E-state index in [1.807, 2.05) is 19.0 Å². The monoisotopic (exact) mass is 572 g/mol. The van der Waals surface area contributed by atoms with Gasteiger partial charge in [0, 0.05) is 25.2 Å². The molecule has 1 atom stereocenters. The normalized spacial score (nSPS) is 11.5. The van der Waals surface area contributed by atoms with E-state index >= 15 is 0 Å². The maximum Gasteiger partial charge on any atom is 0.330 e. The van der Waals surface area contributed by atoms with Gasteiger partial charge in [0.05, 0.1) is 15.5 Å². The van der Waals surface area contributed by atoms with E-state index in [0.717, 1.165) is 0 Å². The number of aromatic hydroxyl groups is 1. The van der Waals surface area contributed by atoms with Crippen LogP contribution >= 0.6 is 22.9 Å². The Balaban J connectivity index is 1.65. The third kappa shape index (κ3) is 9.10. The van der Waals surface area contributed by atoms with Crippen LogP contribution < -0.4 is 16.0 Å². The van der Waals surface area contributed by atoms with Crippen molar-refractivity contribution in [3.8, 4) is 5.75 Å². The van der Waals surface area contributed by atoms with Gasteiger partial charge >= 0.3 is 5.97 Å². The molecule has 0 saturated heterocycles. The van der Waals surface area contributed by atoms with Crippen LogP contribution in [0.2, 0.25) is 5.02 Å². The predicted molar refractivity (Wildman–Crippen MR) is 148 cm³/mol. The Kier molecular flexibility index (Phi) is 10.9. The van der Waals surface area contributed by atoms with Crippen molar-refractivity contribution < 1.29 is 29.0 Å². The van der Waals surface area contributed by atoms with E-state index in [1.165, 1.54) is 41.7 Å². The summed E-state index contributed by atoms with van der Waals surface area (Å²) in [6, 6.07) is 12.8. The summed E-state index contributed by atoms with van der Waals surface area (Å²) in [7, 11) is 3.65. The molecule has 0 fully saturated rings. The second-order valence-electron chi connectivity index (χ2n) is 8.73. The SMILES string of the molecule is CN(C)CCOC(=O)C(CNC(=O)c1cccs1)NC(=O)c1ccc(C(=O)NCc2cccc(O)c2)cc1Cl. The van der Waals surface area contributed by atoms with Gasteiger partial charge in [0.15, 0.2) is 0 Å². The number of nitrogens with one attached hydrogen (secondary N) is 3. The molecule has 4 N–H and O–H groups in total. The quantitative estimate of drug-likeness (QED) is 0.245. The number of ether oxygens (including phenoxy) is 1. The zero-order valence-electron chi connectivity index (χ0n) is 21.4. The minimum atomic E-state index is -1.18. The number of amides is 3. The molecule has 0 aliphatic rings. The lowest BCUT2D eigenvalue weighted by Crippen LogP contribution is -2.49. The number of carbonyl (C=O) groups is 4. The van der Waals surface area contributed by atoms with E-state index in [0.29, 0.717) is 17.0 Å². The van der Waals surface area contributed by atoms with Crippen LogP contribution in [-0.2, 0) is 16.1 Å². The van der Waals surface area contributed by atoms with Crippen molar-refractivity contribution in [2.45, 2.75) is 12.6 Å². The highest BCUT2D eigenvalue weighted by Gasteiger charge is 2.25. The van der Waals surface area contributed by atoms with Gasteiger partial charge in [0.2, 0.25) is 0 Å². The number of halogens is 1. The molecule has 1 unspecified atom stereocenters. The molecule has 0 saturated carbocycles. The number of carbonyl (C=O) groups excluding carboxylic acids is 4. The summed E-state index contributed by atoms with van der Waals surface area (Å²) >= 11 is 7.56. The summed E-state index contributed by atoms with van der Waals surface area (Å²) in [4.78, 5) is 53.0. The predicted octanol–water partition coefficient (Wildman–Crippen LogP) is 2.67. The molecule has 2 aromatic carbocycles. The third-order valence-corrected chi connectivity index (χ3v) is 6.61. The Morgan fingerprint density at radius 1 is 1.00 bits per heavy atom. The van der Waals surface area contributed by atoms with Crippen molar-refractivity contribution in [2.75, 3.05) is 33.8 Å². The molecule has 12 heteroatoms. The van der Waals surface area contributed by atoms with Crippen LogP contribution in [-0.4, -0.2) is 73.5 Å². The molecule has 0 spiro atoms. The van der Waals surface area contributed by atoms with Crippen LogP contribution in [0, 0.1) is 0 Å². The Morgan fingerprint density at radius 3 is 2.46 bits per heavy atom. The van der Waals surface area contributed by atoms with E-state index in [2.05, 4.69) is 16.0 Å². The molecule has 0 aliphatic carbocycles. The average Bonchev–Trinajstić information content (AvgIpc) is 3.44. The molecule has 3 amide bonds. The van der Waals surface area contributed by atoms with E-state index < -0.39 is 23.8 Å². The molecule has 3 rings (SSSR count). The maximum atomic E-state index is 13.0. The summed E-state index contributed by atoms with van der Waals surface area (Å²) in [5, 5.41) is 19.2. The van der Waals surface area contributed by atoms with Gasteiger partial charge in [-0.05, 0) is 61.4 Å². The van der Waals surface area contributed by atoms with Crippen LogP contribution in [0.5, 0.6) is 5.75 Å². The molecule has 10 nitrogen and oxygen atoms in total. The highest BCUT2D eigenvalue weighted by Crippen LogP contribution is 2.19. The van der Waals surface area contributed by atoms with Crippen LogP contribution in [0.4, 0.5) is 0 Å². The number of phenols is 1. The topological polar surface area (TPSA) is 137 Å². The van der Waals surface area contributed by atoms with Crippen LogP contribution in [0.25, 0.3) is 0 Å². The zero-order chi connectivity index (χ0) is 28.4. The fourth-order valence-corrected chi connectivity index (χ4v) is 4.25. The average molecular weight is 573 g/mol. The number of rotatable bonds is 12. The van der Waals surface area contributed by atoms with Gasteiger partial charge in [-0.15, -0.1) is 11.3 Å². The molecule has 0 radical (unpaired) electrons. The second-order valence-corrected chi connectivity index (χ2v) is 10.1. The van der Waals surface area contributed by atoms with Crippen molar-refractivity contribution in [2.24, 2.45) is 0 Å². The third-order valence-electron chi connectivity index (χ3n) is 5.42. The van der Waals surface area contributed by atoms with Gasteiger partial charge in [0.1, 0.15) is 18.4 Å². The first kappa shape index (κ1) is 29.6. The van der Waals surface area contributed by atoms with Crippen molar-refractivity contribution in [1.82, 2.24) is 20.9 Å². The lowest BCUT2D eigenvalue weighted by Gasteiger charge is -2.19. The smallest absolute Gasteiger partial charge is 0.330 e. The Labute approximate surface area is 234 Å². The van der Waals surface area contributed by atoms with E-state index in [1.54, 1.807) is 29.6 Å². The number of phenolic OH excluding ortho intramolecular Hbond substituents is 1. The Hall–Kier alpha value is -3.93. The lowest BCUT2D eigenvalue weighted by atomic mass is 10.1. The first-order valence-electron chi connectivity index (χ1n) is 11.9. The number of esters is 1. The minimum absolute atomic E-state index is 0.000137. The molecule has 1 aromatic heterocycles. The second kappa shape index (κ2) is 14.3.